The third kappa shape index (κ3) is 2.51. The van der Waals surface area contributed by atoms with Crippen molar-refractivity contribution in [3.63, 3.8) is 0 Å². The fourth-order valence-corrected chi connectivity index (χ4v) is 1.99. The average Bonchev–Trinajstić information content (AvgIpc) is 2.66. The lowest BCUT2D eigenvalue weighted by Crippen LogP contribution is -2.28. The summed E-state index contributed by atoms with van der Waals surface area (Å²) < 4.78 is 38.5. The first-order chi connectivity index (χ1) is 9.20. The normalized spacial score (nSPS) is 19.1. The van der Waals surface area contributed by atoms with Crippen LogP contribution in [0.5, 0.6) is 0 Å². The molecule has 9 heteroatoms. The third-order valence-corrected chi connectivity index (χ3v) is 2.87. The van der Waals surface area contributed by atoms with E-state index in [2.05, 4.69) is 5.32 Å². The van der Waals surface area contributed by atoms with Crippen LogP contribution in [0.15, 0.2) is 18.2 Å². The number of hydrogen-bond donors (Lipinski definition) is 1. The van der Waals surface area contributed by atoms with E-state index >= 15 is 0 Å². The molecule has 1 unspecified atom stereocenters. The summed E-state index contributed by atoms with van der Waals surface area (Å²) in [6.07, 6.45) is -4.86. The molecule has 1 aromatic carbocycles. The molecule has 1 fully saturated rings. The van der Waals surface area contributed by atoms with Crippen molar-refractivity contribution >= 4 is 17.4 Å². The zero-order chi connectivity index (χ0) is 15.1. The number of amides is 2. The second-order valence-corrected chi connectivity index (χ2v) is 4.42. The molecule has 20 heavy (non-hydrogen) atoms. The Labute approximate surface area is 111 Å². The zero-order valence-corrected chi connectivity index (χ0v) is 10.3. The summed E-state index contributed by atoms with van der Waals surface area (Å²) in [7, 11) is 0. The van der Waals surface area contributed by atoms with Gasteiger partial charge in [0.2, 0.25) is 0 Å². The van der Waals surface area contributed by atoms with Crippen LogP contribution < -0.4 is 10.2 Å². The first-order valence-electron chi connectivity index (χ1n) is 5.64. The molecule has 2 rings (SSSR count). The zero-order valence-electron chi connectivity index (χ0n) is 10.3. The van der Waals surface area contributed by atoms with Crippen molar-refractivity contribution in [2.45, 2.75) is 19.1 Å². The molecule has 1 aliphatic rings. The van der Waals surface area contributed by atoms with Crippen LogP contribution in [0.4, 0.5) is 29.3 Å². The van der Waals surface area contributed by atoms with Gasteiger partial charge in [0.25, 0.3) is 5.69 Å². The number of halogens is 3. The summed E-state index contributed by atoms with van der Waals surface area (Å²) >= 11 is 0. The lowest BCUT2D eigenvalue weighted by molar-refractivity contribution is -0.388. The maximum atomic E-state index is 12.8. The third-order valence-electron chi connectivity index (χ3n) is 2.87. The van der Waals surface area contributed by atoms with E-state index in [4.69, 9.17) is 0 Å². The van der Waals surface area contributed by atoms with Crippen molar-refractivity contribution in [3.8, 4) is 0 Å². The highest BCUT2D eigenvalue weighted by molar-refractivity contribution is 5.94. The van der Waals surface area contributed by atoms with Gasteiger partial charge in [0.05, 0.1) is 4.92 Å². The van der Waals surface area contributed by atoms with Crippen molar-refractivity contribution in [2.24, 2.45) is 0 Å². The van der Waals surface area contributed by atoms with Crippen LogP contribution in [0.3, 0.4) is 0 Å². The molecule has 1 atom stereocenters. The Morgan fingerprint density at radius 3 is 2.55 bits per heavy atom. The van der Waals surface area contributed by atoms with Crippen molar-refractivity contribution < 1.29 is 22.9 Å². The number of nitrogens with one attached hydrogen (secondary N) is 1. The van der Waals surface area contributed by atoms with Gasteiger partial charge in [-0.1, -0.05) is 0 Å². The van der Waals surface area contributed by atoms with Crippen LogP contribution in [-0.2, 0) is 6.18 Å². The molecule has 0 radical (unpaired) electrons. The first kappa shape index (κ1) is 14.1. The van der Waals surface area contributed by atoms with E-state index in [9.17, 15) is 28.1 Å². The fourth-order valence-electron chi connectivity index (χ4n) is 1.99. The quantitative estimate of drug-likeness (QED) is 0.671. The van der Waals surface area contributed by atoms with Gasteiger partial charge in [-0.05, 0) is 19.1 Å². The van der Waals surface area contributed by atoms with Gasteiger partial charge in [0.1, 0.15) is 5.56 Å². The minimum absolute atomic E-state index is 0.0234. The van der Waals surface area contributed by atoms with Crippen molar-refractivity contribution in [3.05, 3.63) is 33.9 Å². The number of carbonyl (C=O) groups is 1. The lowest BCUT2D eigenvalue weighted by Gasteiger charge is -2.16. The Morgan fingerprint density at radius 1 is 1.45 bits per heavy atom. The van der Waals surface area contributed by atoms with Crippen LogP contribution in [0.2, 0.25) is 0 Å². The monoisotopic (exact) mass is 289 g/mol. The standard InChI is InChI=1S/C11H10F3N3O3/c1-6-5-16(10(18)15-6)7-2-3-9(17(19)20)8(4-7)11(12,13)14/h2-4,6H,5H2,1H3,(H,15,18). The number of anilines is 1. The highest BCUT2D eigenvalue weighted by Gasteiger charge is 2.39. The number of hydrogen-bond acceptors (Lipinski definition) is 3. The largest absolute Gasteiger partial charge is 0.423 e. The number of rotatable bonds is 2. The van der Waals surface area contributed by atoms with Gasteiger partial charge in [0.15, 0.2) is 0 Å². The lowest BCUT2D eigenvalue weighted by atomic mass is 10.1. The summed E-state index contributed by atoms with van der Waals surface area (Å²) in [6.45, 7) is 1.90. The molecule has 1 saturated heterocycles. The molecule has 1 aliphatic heterocycles. The molecule has 1 heterocycles. The summed E-state index contributed by atoms with van der Waals surface area (Å²) in [5.74, 6) is 0. The van der Waals surface area contributed by atoms with E-state index in [0.29, 0.717) is 6.07 Å². The molecular weight excluding hydrogens is 279 g/mol. The molecule has 0 aromatic heterocycles. The Kier molecular flexibility index (Phi) is 3.28. The van der Waals surface area contributed by atoms with Gasteiger partial charge in [0, 0.05) is 24.3 Å². The Hall–Kier alpha value is -2.32. The molecule has 108 valence electrons. The van der Waals surface area contributed by atoms with Gasteiger partial charge in [-0.3, -0.25) is 15.0 Å². The number of alkyl halides is 3. The predicted molar refractivity (Wildman–Crippen MR) is 63.4 cm³/mol. The molecule has 0 spiro atoms. The highest BCUT2D eigenvalue weighted by atomic mass is 19.4. The molecule has 0 aliphatic carbocycles. The number of urea groups is 1. The number of nitro benzene ring substituents is 1. The number of benzene rings is 1. The smallest absolute Gasteiger partial charge is 0.333 e. The SMILES string of the molecule is CC1CN(c2ccc([N+](=O)[O-])c(C(F)(F)F)c2)C(=O)N1. The van der Waals surface area contributed by atoms with Crippen LogP contribution in [0, 0.1) is 10.1 Å². The van der Waals surface area contributed by atoms with Gasteiger partial charge >= 0.3 is 12.2 Å². The van der Waals surface area contributed by atoms with E-state index in [0.717, 1.165) is 17.0 Å². The molecule has 1 aromatic rings. The van der Waals surface area contributed by atoms with E-state index in [-0.39, 0.29) is 18.3 Å². The molecule has 0 bridgehead atoms. The van der Waals surface area contributed by atoms with E-state index < -0.39 is 28.4 Å². The molecule has 6 nitrogen and oxygen atoms in total. The van der Waals surface area contributed by atoms with Crippen LogP contribution in [0.25, 0.3) is 0 Å². The molecular formula is C11H10F3N3O3. The number of carbonyl (C=O) groups excluding carboxylic acids is 1. The van der Waals surface area contributed by atoms with Gasteiger partial charge in [-0.15, -0.1) is 0 Å². The van der Waals surface area contributed by atoms with Crippen LogP contribution >= 0.6 is 0 Å². The molecule has 2 amide bonds. The van der Waals surface area contributed by atoms with E-state index in [1.165, 1.54) is 0 Å². The van der Waals surface area contributed by atoms with E-state index in [1.807, 2.05) is 0 Å². The van der Waals surface area contributed by atoms with Crippen molar-refractivity contribution in [2.75, 3.05) is 11.4 Å². The second-order valence-electron chi connectivity index (χ2n) is 4.42. The Morgan fingerprint density at radius 2 is 2.10 bits per heavy atom. The van der Waals surface area contributed by atoms with Crippen molar-refractivity contribution in [1.82, 2.24) is 5.32 Å². The maximum Gasteiger partial charge on any atom is 0.423 e. The summed E-state index contributed by atoms with van der Waals surface area (Å²) in [5, 5.41) is 13.2. The minimum Gasteiger partial charge on any atom is -0.333 e. The minimum atomic E-state index is -4.86. The highest BCUT2D eigenvalue weighted by Crippen LogP contribution is 2.38. The second kappa shape index (κ2) is 4.66. The topological polar surface area (TPSA) is 75.5 Å². The maximum absolute atomic E-state index is 12.8. The van der Waals surface area contributed by atoms with Crippen LogP contribution in [-0.4, -0.2) is 23.5 Å². The van der Waals surface area contributed by atoms with Gasteiger partial charge in [-0.25, -0.2) is 4.79 Å². The van der Waals surface area contributed by atoms with Gasteiger partial charge in [-0.2, -0.15) is 13.2 Å². The van der Waals surface area contributed by atoms with Crippen molar-refractivity contribution in [1.29, 1.82) is 0 Å². The average molecular weight is 289 g/mol. The fraction of sp³-hybridized carbons (Fsp3) is 0.364. The first-order valence-corrected chi connectivity index (χ1v) is 5.64. The Bertz CT molecular complexity index is 574. The summed E-state index contributed by atoms with van der Waals surface area (Å²) in [4.78, 5) is 22.2. The summed E-state index contributed by atoms with van der Waals surface area (Å²) in [6, 6.07) is 1.78. The number of nitrogens with zero attached hydrogens (tertiary/aromatic N) is 2. The van der Waals surface area contributed by atoms with E-state index in [1.54, 1.807) is 6.92 Å². The summed E-state index contributed by atoms with van der Waals surface area (Å²) in [5.41, 5.74) is -2.42. The molecule has 0 saturated carbocycles. The van der Waals surface area contributed by atoms with Gasteiger partial charge < -0.3 is 5.32 Å². The Balaban J connectivity index is 2.48. The predicted octanol–water partition coefficient (Wildman–Crippen LogP) is 2.53. The molecule has 1 N–H and O–H groups in total. The number of nitro groups is 1. The van der Waals surface area contributed by atoms with Crippen LogP contribution in [0.1, 0.15) is 12.5 Å².